The van der Waals surface area contributed by atoms with Gasteiger partial charge in [-0.1, -0.05) is 42.5 Å². The number of allylic oxidation sites excluding steroid dienone is 1. The van der Waals surface area contributed by atoms with E-state index in [9.17, 15) is 5.11 Å². The summed E-state index contributed by atoms with van der Waals surface area (Å²) in [6.45, 7) is 2.98. The van der Waals surface area contributed by atoms with Crippen molar-refractivity contribution in [2.75, 3.05) is 13.2 Å². The number of aliphatic hydroxyl groups excluding tert-OH is 1. The molecule has 0 amide bonds. The van der Waals surface area contributed by atoms with Gasteiger partial charge in [0.1, 0.15) is 0 Å². The normalized spacial score (nSPS) is 21.6. The summed E-state index contributed by atoms with van der Waals surface area (Å²) in [5.41, 5.74) is 1.14. The first-order valence-corrected chi connectivity index (χ1v) is 7.48. The monoisotopic (exact) mass is 275 g/mol. The van der Waals surface area contributed by atoms with Gasteiger partial charge in [0.25, 0.3) is 0 Å². The molecule has 0 spiro atoms. The summed E-state index contributed by atoms with van der Waals surface area (Å²) in [7, 11) is 0. The Morgan fingerprint density at radius 1 is 1.30 bits per heavy atom. The Kier molecular flexibility index (Phi) is 6.25. The number of benzene rings is 1. The first kappa shape index (κ1) is 15.2. The maximum Gasteiger partial charge on any atom is 0.0898 e. The summed E-state index contributed by atoms with van der Waals surface area (Å²) in [6.07, 6.45) is 7.35. The predicted molar refractivity (Wildman–Crippen MR) is 81.6 cm³/mol. The van der Waals surface area contributed by atoms with Gasteiger partial charge in [0.2, 0.25) is 0 Å². The van der Waals surface area contributed by atoms with Crippen LogP contribution in [0.5, 0.6) is 0 Å². The Labute approximate surface area is 121 Å². The number of rotatable bonds is 7. The number of hydrogen-bond acceptors (Lipinski definition) is 3. The molecular weight excluding hydrogens is 250 g/mol. The molecule has 1 aromatic carbocycles. The lowest BCUT2D eigenvalue weighted by molar-refractivity contribution is -0.00297. The van der Waals surface area contributed by atoms with Gasteiger partial charge in [-0.2, -0.15) is 0 Å². The van der Waals surface area contributed by atoms with Crippen molar-refractivity contribution in [1.82, 2.24) is 5.32 Å². The zero-order valence-corrected chi connectivity index (χ0v) is 12.2. The highest BCUT2D eigenvalue weighted by molar-refractivity contribution is 5.16. The van der Waals surface area contributed by atoms with E-state index in [1.807, 2.05) is 37.3 Å². The molecule has 0 radical (unpaired) electrons. The average Bonchev–Trinajstić information content (AvgIpc) is 2.52. The Bertz CT molecular complexity index is 405. The minimum atomic E-state index is -0.452. The number of ether oxygens (including phenoxy) is 1. The molecule has 0 saturated heterocycles. The second kappa shape index (κ2) is 8.20. The molecule has 3 unspecified atom stereocenters. The molecule has 3 heteroatoms. The molecule has 2 rings (SSSR count). The van der Waals surface area contributed by atoms with Crippen LogP contribution in [0.4, 0.5) is 0 Å². The van der Waals surface area contributed by atoms with E-state index < -0.39 is 6.10 Å². The minimum Gasteiger partial charge on any atom is -0.389 e. The van der Waals surface area contributed by atoms with Crippen molar-refractivity contribution in [2.45, 2.75) is 44.4 Å². The van der Waals surface area contributed by atoms with E-state index in [1.165, 1.54) is 0 Å². The van der Waals surface area contributed by atoms with E-state index in [1.54, 1.807) is 0 Å². The standard InChI is InChI=1S/C17H25NO2/c1-14(15-8-4-2-5-9-15)20-13-17(19)12-18-16-10-6-3-7-11-16/h2-6,8-9,14,16-19H,7,10-13H2,1H3. The lowest BCUT2D eigenvalue weighted by Gasteiger charge is -2.22. The van der Waals surface area contributed by atoms with Crippen LogP contribution in [0.25, 0.3) is 0 Å². The molecule has 1 aliphatic carbocycles. The third-order valence-corrected chi connectivity index (χ3v) is 3.72. The van der Waals surface area contributed by atoms with E-state index in [2.05, 4.69) is 17.5 Å². The van der Waals surface area contributed by atoms with Gasteiger partial charge in [0.05, 0.1) is 18.8 Å². The van der Waals surface area contributed by atoms with Crippen LogP contribution in [0, 0.1) is 0 Å². The lowest BCUT2D eigenvalue weighted by Crippen LogP contribution is -2.38. The van der Waals surface area contributed by atoms with Gasteiger partial charge in [-0.15, -0.1) is 0 Å². The molecule has 3 atom stereocenters. The Balaban J connectivity index is 1.64. The third kappa shape index (κ3) is 5.08. The second-order valence-electron chi connectivity index (χ2n) is 5.43. The van der Waals surface area contributed by atoms with Crippen LogP contribution in [-0.2, 0) is 4.74 Å². The van der Waals surface area contributed by atoms with E-state index in [4.69, 9.17) is 4.74 Å². The molecule has 0 bridgehead atoms. The molecule has 1 aliphatic rings. The van der Waals surface area contributed by atoms with Gasteiger partial charge in [0.15, 0.2) is 0 Å². The summed E-state index contributed by atoms with van der Waals surface area (Å²) in [5, 5.41) is 13.4. The van der Waals surface area contributed by atoms with Crippen LogP contribution >= 0.6 is 0 Å². The number of nitrogens with one attached hydrogen (secondary N) is 1. The molecule has 0 aromatic heterocycles. The van der Waals surface area contributed by atoms with Crippen LogP contribution < -0.4 is 5.32 Å². The minimum absolute atomic E-state index is 0.0171. The zero-order chi connectivity index (χ0) is 14.2. The molecule has 0 fully saturated rings. The molecule has 20 heavy (non-hydrogen) atoms. The van der Waals surface area contributed by atoms with Crippen molar-refractivity contribution in [2.24, 2.45) is 0 Å². The molecule has 2 N–H and O–H groups in total. The summed E-state index contributed by atoms with van der Waals surface area (Å²) in [5.74, 6) is 0. The van der Waals surface area contributed by atoms with Crippen LogP contribution in [0.2, 0.25) is 0 Å². The Hall–Kier alpha value is -1.16. The first-order chi connectivity index (χ1) is 9.75. The van der Waals surface area contributed by atoms with Gasteiger partial charge in [-0.05, 0) is 31.7 Å². The Morgan fingerprint density at radius 2 is 2.10 bits per heavy atom. The van der Waals surface area contributed by atoms with E-state index in [-0.39, 0.29) is 6.10 Å². The highest BCUT2D eigenvalue weighted by atomic mass is 16.5. The summed E-state index contributed by atoms with van der Waals surface area (Å²) in [6, 6.07) is 10.6. The summed E-state index contributed by atoms with van der Waals surface area (Å²) < 4.78 is 5.73. The molecule has 110 valence electrons. The average molecular weight is 275 g/mol. The van der Waals surface area contributed by atoms with Crippen LogP contribution in [0.1, 0.15) is 37.9 Å². The third-order valence-electron chi connectivity index (χ3n) is 3.72. The fourth-order valence-corrected chi connectivity index (χ4v) is 2.42. The highest BCUT2D eigenvalue weighted by Gasteiger charge is 2.13. The quantitative estimate of drug-likeness (QED) is 0.752. The topological polar surface area (TPSA) is 41.5 Å². The fraction of sp³-hybridized carbons (Fsp3) is 0.529. The van der Waals surface area contributed by atoms with Crippen molar-refractivity contribution in [3.05, 3.63) is 48.0 Å². The first-order valence-electron chi connectivity index (χ1n) is 7.48. The lowest BCUT2D eigenvalue weighted by atomic mass is 10.0. The van der Waals surface area contributed by atoms with Crippen molar-refractivity contribution < 1.29 is 9.84 Å². The molecule has 0 saturated carbocycles. The second-order valence-corrected chi connectivity index (χ2v) is 5.43. The summed E-state index contributed by atoms with van der Waals surface area (Å²) >= 11 is 0. The van der Waals surface area contributed by atoms with Crippen molar-refractivity contribution in [3.8, 4) is 0 Å². The molecule has 0 heterocycles. The van der Waals surface area contributed by atoms with Crippen molar-refractivity contribution in [3.63, 3.8) is 0 Å². The highest BCUT2D eigenvalue weighted by Crippen LogP contribution is 2.16. The van der Waals surface area contributed by atoms with Gasteiger partial charge in [-0.25, -0.2) is 0 Å². The van der Waals surface area contributed by atoms with Crippen molar-refractivity contribution in [1.29, 1.82) is 0 Å². The van der Waals surface area contributed by atoms with Gasteiger partial charge >= 0.3 is 0 Å². The SMILES string of the molecule is CC(OCC(O)CNC1CC=CCC1)c1ccccc1. The predicted octanol–water partition coefficient (Wildman–Crippen LogP) is 2.82. The van der Waals surface area contributed by atoms with E-state index in [0.717, 1.165) is 24.8 Å². The number of aliphatic hydroxyl groups is 1. The van der Waals surface area contributed by atoms with Crippen LogP contribution in [0.3, 0.4) is 0 Å². The molecular formula is C17H25NO2. The molecule has 0 aliphatic heterocycles. The smallest absolute Gasteiger partial charge is 0.0898 e. The van der Waals surface area contributed by atoms with Crippen molar-refractivity contribution >= 4 is 0 Å². The van der Waals surface area contributed by atoms with E-state index >= 15 is 0 Å². The van der Waals surface area contributed by atoms with Gasteiger partial charge in [-0.3, -0.25) is 0 Å². The zero-order valence-electron chi connectivity index (χ0n) is 12.2. The molecule has 1 aromatic rings. The van der Waals surface area contributed by atoms with Gasteiger partial charge in [0, 0.05) is 12.6 Å². The Morgan fingerprint density at radius 3 is 2.80 bits per heavy atom. The van der Waals surface area contributed by atoms with Crippen LogP contribution in [0.15, 0.2) is 42.5 Å². The van der Waals surface area contributed by atoms with Gasteiger partial charge < -0.3 is 15.2 Å². The number of hydrogen-bond donors (Lipinski definition) is 2. The largest absolute Gasteiger partial charge is 0.389 e. The summed E-state index contributed by atoms with van der Waals surface area (Å²) in [4.78, 5) is 0. The van der Waals surface area contributed by atoms with Crippen LogP contribution in [-0.4, -0.2) is 30.4 Å². The fourth-order valence-electron chi connectivity index (χ4n) is 2.42. The molecule has 3 nitrogen and oxygen atoms in total. The maximum absolute atomic E-state index is 9.97. The maximum atomic E-state index is 9.97. The van der Waals surface area contributed by atoms with E-state index in [0.29, 0.717) is 19.2 Å².